The fourth-order valence-corrected chi connectivity index (χ4v) is 3.21. The third kappa shape index (κ3) is 1.74. The molecule has 0 saturated heterocycles. The van der Waals surface area contributed by atoms with E-state index in [0.717, 1.165) is 29.5 Å². The van der Waals surface area contributed by atoms with Crippen LogP contribution >= 0.6 is 15.9 Å². The number of anilines is 2. The number of hydrogen-bond acceptors (Lipinski definition) is 2. The molecule has 1 aromatic carbocycles. The Hall–Kier alpha value is -1.03. The molecule has 1 aliphatic carbocycles. The predicted molar refractivity (Wildman–Crippen MR) is 76.7 cm³/mol. The van der Waals surface area contributed by atoms with E-state index in [1.165, 1.54) is 5.56 Å². The third-order valence-electron chi connectivity index (χ3n) is 3.85. The number of nitrogens with zero attached hydrogens (tertiary/aromatic N) is 1. The lowest BCUT2D eigenvalue weighted by Gasteiger charge is -2.21. The zero-order chi connectivity index (χ0) is 13.1. The van der Waals surface area contributed by atoms with Gasteiger partial charge in [-0.15, -0.1) is 0 Å². The van der Waals surface area contributed by atoms with Crippen molar-refractivity contribution in [2.75, 3.05) is 17.2 Å². The Morgan fingerprint density at radius 1 is 1.44 bits per heavy atom. The lowest BCUT2D eigenvalue weighted by molar-refractivity contribution is -0.119. The highest BCUT2D eigenvalue weighted by Crippen LogP contribution is 2.47. The quantitative estimate of drug-likeness (QED) is 0.810. The molecule has 2 N–H and O–H groups in total. The number of nitrogens with two attached hydrogens (primary N) is 1. The summed E-state index contributed by atoms with van der Waals surface area (Å²) in [7, 11) is 0. The maximum Gasteiger partial charge on any atom is 0.230 e. The molecule has 1 amide bonds. The standard InChI is InChI=1S/C14H17BrN2O/c1-14(2)7-17(13(18)8-3-4-8)12-10(14)5-9(15)6-11(12)16/h5-6,8H,3-4,7,16H2,1-2H3. The normalized spacial score (nSPS) is 20.9. The van der Waals surface area contributed by atoms with Crippen LogP contribution in [-0.4, -0.2) is 12.5 Å². The van der Waals surface area contributed by atoms with Gasteiger partial charge in [0, 0.05) is 22.4 Å². The highest BCUT2D eigenvalue weighted by Gasteiger charge is 2.43. The first kappa shape index (κ1) is 12.0. The van der Waals surface area contributed by atoms with E-state index >= 15 is 0 Å². The van der Waals surface area contributed by atoms with E-state index in [1.54, 1.807) is 0 Å². The number of amides is 1. The van der Waals surface area contributed by atoms with Crippen molar-refractivity contribution in [1.29, 1.82) is 0 Å². The van der Waals surface area contributed by atoms with Gasteiger partial charge in [0.25, 0.3) is 0 Å². The van der Waals surface area contributed by atoms with Crippen molar-refractivity contribution in [3.05, 3.63) is 22.2 Å². The summed E-state index contributed by atoms with van der Waals surface area (Å²) in [4.78, 5) is 14.3. The van der Waals surface area contributed by atoms with Gasteiger partial charge in [-0.25, -0.2) is 0 Å². The van der Waals surface area contributed by atoms with E-state index in [4.69, 9.17) is 5.73 Å². The molecule has 2 aliphatic rings. The molecule has 4 heteroatoms. The molecule has 0 aromatic heterocycles. The van der Waals surface area contributed by atoms with Crippen LogP contribution in [0.5, 0.6) is 0 Å². The first-order valence-electron chi connectivity index (χ1n) is 6.31. The van der Waals surface area contributed by atoms with Gasteiger partial charge < -0.3 is 10.6 Å². The second-order valence-electron chi connectivity index (χ2n) is 5.97. The number of carbonyl (C=O) groups is 1. The van der Waals surface area contributed by atoms with Crippen molar-refractivity contribution in [1.82, 2.24) is 0 Å². The molecule has 1 saturated carbocycles. The van der Waals surface area contributed by atoms with E-state index in [9.17, 15) is 4.79 Å². The first-order valence-corrected chi connectivity index (χ1v) is 7.10. The van der Waals surface area contributed by atoms with Gasteiger partial charge in [-0.2, -0.15) is 0 Å². The molecule has 1 aliphatic heterocycles. The van der Waals surface area contributed by atoms with Gasteiger partial charge in [0.05, 0.1) is 11.4 Å². The van der Waals surface area contributed by atoms with E-state index in [0.29, 0.717) is 5.69 Å². The molecule has 0 radical (unpaired) electrons. The molecule has 0 unspecified atom stereocenters. The number of rotatable bonds is 1. The predicted octanol–water partition coefficient (Wildman–Crippen LogP) is 3.07. The van der Waals surface area contributed by atoms with Crippen LogP contribution in [0.1, 0.15) is 32.3 Å². The summed E-state index contributed by atoms with van der Waals surface area (Å²) in [5.74, 6) is 0.477. The Morgan fingerprint density at radius 2 is 2.11 bits per heavy atom. The van der Waals surface area contributed by atoms with Crippen LogP contribution in [0.4, 0.5) is 11.4 Å². The smallest absolute Gasteiger partial charge is 0.230 e. The van der Waals surface area contributed by atoms with Gasteiger partial charge >= 0.3 is 0 Å². The minimum Gasteiger partial charge on any atom is -0.397 e. The number of nitrogen functional groups attached to an aromatic ring is 1. The van der Waals surface area contributed by atoms with Gasteiger partial charge in [0.2, 0.25) is 5.91 Å². The largest absolute Gasteiger partial charge is 0.397 e. The Balaban J connectivity index is 2.11. The second-order valence-corrected chi connectivity index (χ2v) is 6.89. The monoisotopic (exact) mass is 308 g/mol. The molecule has 18 heavy (non-hydrogen) atoms. The molecular weight excluding hydrogens is 292 g/mol. The molecular formula is C14H17BrN2O. The van der Waals surface area contributed by atoms with Gasteiger partial charge in [-0.05, 0) is 30.5 Å². The van der Waals surface area contributed by atoms with Crippen LogP contribution in [0.2, 0.25) is 0 Å². The molecule has 96 valence electrons. The van der Waals surface area contributed by atoms with E-state index in [1.807, 2.05) is 11.0 Å². The summed E-state index contributed by atoms with van der Waals surface area (Å²) in [6, 6.07) is 3.97. The Morgan fingerprint density at radius 3 is 2.72 bits per heavy atom. The number of fused-ring (bicyclic) bond motifs is 1. The summed E-state index contributed by atoms with van der Waals surface area (Å²) in [6.45, 7) is 5.06. The Bertz CT molecular complexity index is 535. The van der Waals surface area contributed by atoms with E-state index in [2.05, 4.69) is 35.8 Å². The molecule has 0 spiro atoms. The summed E-state index contributed by atoms with van der Waals surface area (Å²) in [5.41, 5.74) is 8.88. The van der Waals surface area contributed by atoms with Crippen LogP contribution < -0.4 is 10.6 Å². The van der Waals surface area contributed by atoms with Crippen LogP contribution in [0.3, 0.4) is 0 Å². The summed E-state index contributed by atoms with van der Waals surface area (Å²) < 4.78 is 0.979. The Labute approximate surface area is 115 Å². The van der Waals surface area contributed by atoms with Crippen molar-refractivity contribution in [2.24, 2.45) is 5.92 Å². The van der Waals surface area contributed by atoms with Crippen LogP contribution in [0.15, 0.2) is 16.6 Å². The zero-order valence-corrected chi connectivity index (χ0v) is 12.3. The number of halogens is 1. The lowest BCUT2D eigenvalue weighted by atomic mass is 9.87. The minimum absolute atomic E-state index is 0.0300. The lowest BCUT2D eigenvalue weighted by Crippen LogP contribution is -2.35. The van der Waals surface area contributed by atoms with Crippen LogP contribution in [0.25, 0.3) is 0 Å². The highest BCUT2D eigenvalue weighted by molar-refractivity contribution is 9.10. The van der Waals surface area contributed by atoms with Crippen molar-refractivity contribution in [3.63, 3.8) is 0 Å². The van der Waals surface area contributed by atoms with E-state index < -0.39 is 0 Å². The number of carbonyl (C=O) groups excluding carboxylic acids is 1. The number of hydrogen-bond donors (Lipinski definition) is 1. The van der Waals surface area contributed by atoms with Gasteiger partial charge in [0.1, 0.15) is 0 Å². The van der Waals surface area contributed by atoms with Gasteiger partial charge in [-0.3, -0.25) is 4.79 Å². The van der Waals surface area contributed by atoms with Crippen molar-refractivity contribution in [3.8, 4) is 0 Å². The molecule has 1 heterocycles. The van der Waals surface area contributed by atoms with Crippen molar-refractivity contribution in [2.45, 2.75) is 32.1 Å². The maximum absolute atomic E-state index is 12.4. The van der Waals surface area contributed by atoms with Crippen LogP contribution in [-0.2, 0) is 10.2 Å². The summed E-state index contributed by atoms with van der Waals surface area (Å²) in [6.07, 6.45) is 2.06. The first-order chi connectivity index (χ1) is 8.40. The van der Waals surface area contributed by atoms with Crippen LogP contribution in [0, 0.1) is 5.92 Å². The molecule has 3 nitrogen and oxygen atoms in total. The third-order valence-corrected chi connectivity index (χ3v) is 4.31. The SMILES string of the molecule is CC1(C)CN(C(=O)C2CC2)c2c(N)cc(Br)cc21. The molecule has 0 bridgehead atoms. The van der Waals surface area contributed by atoms with Gasteiger partial charge in [0.15, 0.2) is 0 Å². The maximum atomic E-state index is 12.4. The fraction of sp³-hybridized carbons (Fsp3) is 0.500. The van der Waals surface area contributed by atoms with E-state index in [-0.39, 0.29) is 17.2 Å². The molecule has 1 fully saturated rings. The fourth-order valence-electron chi connectivity index (χ4n) is 2.74. The summed E-state index contributed by atoms with van der Waals surface area (Å²) in [5, 5.41) is 0. The number of benzene rings is 1. The highest BCUT2D eigenvalue weighted by atomic mass is 79.9. The van der Waals surface area contributed by atoms with Gasteiger partial charge in [-0.1, -0.05) is 29.8 Å². The zero-order valence-electron chi connectivity index (χ0n) is 10.7. The summed E-state index contributed by atoms with van der Waals surface area (Å²) >= 11 is 3.48. The molecule has 3 rings (SSSR count). The van der Waals surface area contributed by atoms with Crippen molar-refractivity contribution < 1.29 is 4.79 Å². The molecule has 0 atom stereocenters. The average Bonchev–Trinajstić information content (AvgIpc) is 3.05. The second kappa shape index (κ2) is 3.73. The van der Waals surface area contributed by atoms with Crippen molar-refractivity contribution >= 4 is 33.2 Å². The Kier molecular flexibility index (Phi) is 2.49. The molecule has 1 aromatic rings. The topological polar surface area (TPSA) is 46.3 Å². The average molecular weight is 309 g/mol. The minimum atomic E-state index is -0.0300.